The molecule has 1 aliphatic carbocycles. The van der Waals surface area contributed by atoms with Gasteiger partial charge in [-0.3, -0.25) is 9.69 Å². The lowest BCUT2D eigenvalue weighted by Gasteiger charge is -2.36. The number of benzene rings is 1. The van der Waals surface area contributed by atoms with Gasteiger partial charge in [0, 0.05) is 51.9 Å². The number of fused-ring (bicyclic) bond motifs is 1. The van der Waals surface area contributed by atoms with E-state index in [1.807, 2.05) is 23.6 Å². The first-order chi connectivity index (χ1) is 21.3. The molecule has 1 saturated carbocycles. The molecule has 2 saturated heterocycles. The smallest absolute Gasteiger partial charge is 0.236 e. The summed E-state index contributed by atoms with van der Waals surface area (Å²) in [4.78, 5) is 31.2. The molecule has 0 unspecified atom stereocenters. The first kappa shape index (κ1) is 28.6. The van der Waals surface area contributed by atoms with Crippen molar-refractivity contribution in [3.63, 3.8) is 0 Å². The minimum atomic E-state index is -0.407. The summed E-state index contributed by atoms with van der Waals surface area (Å²) in [6, 6.07) is 10.8. The normalized spacial score (nSPS) is 19.1. The molecule has 11 nitrogen and oxygen atoms in total. The molecular formula is C31H34FN9O2S. The van der Waals surface area contributed by atoms with E-state index in [0.29, 0.717) is 53.0 Å². The molecule has 228 valence electrons. The molecule has 3 fully saturated rings. The zero-order chi connectivity index (χ0) is 30.5. The van der Waals surface area contributed by atoms with Gasteiger partial charge in [-0.05, 0) is 56.5 Å². The highest BCUT2D eigenvalue weighted by atomic mass is 32.1. The highest BCUT2D eigenvalue weighted by molar-refractivity contribution is 7.16. The van der Waals surface area contributed by atoms with E-state index in [4.69, 9.17) is 15.1 Å². The first-order valence-electron chi connectivity index (χ1n) is 15.0. The number of β-amino-alcohol motifs (C(OH)–C–C–N with tert-alkyl or cyclic N) is 1. The molecule has 4 aromatic rings. The quantitative estimate of drug-likeness (QED) is 0.332. The van der Waals surface area contributed by atoms with E-state index in [0.717, 1.165) is 61.6 Å². The van der Waals surface area contributed by atoms with Gasteiger partial charge < -0.3 is 19.8 Å². The number of carbonyl (C=O) groups is 1. The van der Waals surface area contributed by atoms with Crippen LogP contribution in [0.25, 0.3) is 22.3 Å². The summed E-state index contributed by atoms with van der Waals surface area (Å²) in [7, 11) is 1.94. The lowest BCUT2D eigenvalue weighted by molar-refractivity contribution is -0.131. The van der Waals surface area contributed by atoms with E-state index < -0.39 is 6.10 Å². The first-order valence-corrected chi connectivity index (χ1v) is 15.8. The highest BCUT2D eigenvalue weighted by Gasteiger charge is 2.33. The fraction of sp³-hybridized carbons (Fsp3) is 0.452. The molecule has 3 aliphatic rings. The van der Waals surface area contributed by atoms with Gasteiger partial charge in [0.15, 0.2) is 10.8 Å². The van der Waals surface area contributed by atoms with Crippen molar-refractivity contribution in [3.05, 3.63) is 46.7 Å². The van der Waals surface area contributed by atoms with E-state index >= 15 is 0 Å². The number of halogens is 1. The van der Waals surface area contributed by atoms with E-state index in [1.165, 1.54) is 23.5 Å². The summed E-state index contributed by atoms with van der Waals surface area (Å²) in [5.74, 6) is 0.631. The number of aromatic nitrogens is 4. The van der Waals surface area contributed by atoms with E-state index in [1.54, 1.807) is 17.0 Å². The summed E-state index contributed by atoms with van der Waals surface area (Å²) in [6.07, 6.45) is 2.33. The van der Waals surface area contributed by atoms with Crippen LogP contribution in [0.1, 0.15) is 35.9 Å². The Hall–Kier alpha value is -4.12. The second-order valence-corrected chi connectivity index (χ2v) is 12.8. The topological polar surface area (TPSA) is 118 Å². The summed E-state index contributed by atoms with van der Waals surface area (Å²) in [6.45, 7) is 6.50. The molecule has 0 spiro atoms. The van der Waals surface area contributed by atoms with Crippen LogP contribution in [-0.2, 0) is 4.79 Å². The largest absolute Gasteiger partial charge is 0.391 e. The minimum Gasteiger partial charge on any atom is -0.391 e. The van der Waals surface area contributed by atoms with Gasteiger partial charge >= 0.3 is 0 Å². The molecule has 44 heavy (non-hydrogen) atoms. The summed E-state index contributed by atoms with van der Waals surface area (Å²) in [5.41, 5.74) is 3.85. The second kappa shape index (κ2) is 11.4. The molecule has 5 heterocycles. The molecule has 1 atom stereocenters. The number of amides is 1. The Morgan fingerprint density at radius 2 is 1.89 bits per heavy atom. The maximum atomic E-state index is 13.6. The van der Waals surface area contributed by atoms with Crippen molar-refractivity contribution in [3.8, 4) is 17.3 Å². The number of thiazole rings is 1. The number of nitriles is 1. The number of rotatable bonds is 7. The molecular weight excluding hydrogens is 581 g/mol. The molecule has 1 amide bonds. The van der Waals surface area contributed by atoms with Crippen molar-refractivity contribution >= 4 is 44.9 Å². The Morgan fingerprint density at radius 1 is 1.14 bits per heavy atom. The van der Waals surface area contributed by atoms with Gasteiger partial charge in [0.1, 0.15) is 28.3 Å². The van der Waals surface area contributed by atoms with Crippen molar-refractivity contribution in [2.45, 2.75) is 38.3 Å². The average molecular weight is 616 g/mol. The van der Waals surface area contributed by atoms with Gasteiger partial charge in [-0.15, -0.1) is 0 Å². The van der Waals surface area contributed by atoms with Crippen molar-refractivity contribution < 1.29 is 14.3 Å². The van der Waals surface area contributed by atoms with Gasteiger partial charge in [-0.2, -0.15) is 10.4 Å². The predicted octanol–water partition coefficient (Wildman–Crippen LogP) is 3.69. The van der Waals surface area contributed by atoms with Crippen molar-refractivity contribution in [1.29, 1.82) is 5.26 Å². The molecule has 3 aromatic heterocycles. The Labute approximate surface area is 258 Å². The number of anilines is 3. The minimum absolute atomic E-state index is 0.0822. The Balaban J connectivity index is 1.16. The Bertz CT molecular complexity index is 1750. The molecule has 2 aliphatic heterocycles. The molecule has 1 aromatic carbocycles. The van der Waals surface area contributed by atoms with Gasteiger partial charge in [0.25, 0.3) is 0 Å². The number of pyridine rings is 1. The predicted molar refractivity (Wildman–Crippen MR) is 167 cm³/mol. The number of aliphatic hydroxyl groups excluding tert-OH is 1. The zero-order valence-electron chi connectivity index (χ0n) is 24.8. The molecule has 1 N–H and O–H groups in total. The van der Waals surface area contributed by atoms with Crippen LogP contribution in [0.3, 0.4) is 0 Å². The molecule has 0 radical (unpaired) electrons. The molecule has 0 bridgehead atoms. The monoisotopic (exact) mass is 615 g/mol. The fourth-order valence-corrected chi connectivity index (χ4v) is 7.00. The summed E-state index contributed by atoms with van der Waals surface area (Å²) >= 11 is 1.30. The number of hydrogen-bond donors (Lipinski definition) is 1. The van der Waals surface area contributed by atoms with Crippen LogP contribution in [0.4, 0.5) is 21.0 Å². The SMILES string of the molecule is Cc1nc2nn(C3CC3)c(N(C)c3nc(-c4ccc(F)cc4)c(C#N)s3)c2cc1N1CCN(CC(=O)N2CC[C@@H](O)C2)CC1. The van der Waals surface area contributed by atoms with Gasteiger partial charge in [0.2, 0.25) is 5.91 Å². The Morgan fingerprint density at radius 3 is 2.55 bits per heavy atom. The standard InChI is InChI=1S/C31H34FN9O2S/c1-19-25(39-13-11-38(12-14-39)18-27(43)40-10-9-23(42)17-40)15-24-29(34-19)36-41(22-7-8-22)30(24)37(2)31-35-28(26(16-33)44-31)20-3-5-21(32)6-4-20/h3-6,15,22-23,42H,7-14,17-18H2,1-2H3/t23-/m1/s1. The summed E-state index contributed by atoms with van der Waals surface area (Å²) in [5, 5.41) is 26.2. The third kappa shape index (κ3) is 5.38. The van der Waals surface area contributed by atoms with Crippen molar-refractivity contribution in [2.24, 2.45) is 0 Å². The van der Waals surface area contributed by atoms with E-state index in [9.17, 15) is 19.6 Å². The van der Waals surface area contributed by atoms with Crippen molar-refractivity contribution in [2.75, 3.05) is 62.7 Å². The second-order valence-electron chi connectivity index (χ2n) is 11.9. The number of piperazine rings is 1. The fourth-order valence-electron chi connectivity index (χ4n) is 6.15. The number of nitrogens with zero attached hydrogens (tertiary/aromatic N) is 9. The van der Waals surface area contributed by atoms with E-state index in [2.05, 4.69) is 21.9 Å². The lowest BCUT2D eigenvalue weighted by atomic mass is 10.1. The third-order valence-electron chi connectivity index (χ3n) is 8.75. The number of carbonyl (C=O) groups excluding carboxylic acids is 1. The third-order valence-corrected chi connectivity index (χ3v) is 9.78. The van der Waals surface area contributed by atoms with Gasteiger partial charge in [-0.25, -0.2) is 19.0 Å². The van der Waals surface area contributed by atoms with Crippen LogP contribution >= 0.6 is 11.3 Å². The lowest BCUT2D eigenvalue weighted by Crippen LogP contribution is -2.50. The maximum Gasteiger partial charge on any atom is 0.236 e. The summed E-state index contributed by atoms with van der Waals surface area (Å²) < 4.78 is 15.6. The van der Waals surface area contributed by atoms with Crippen LogP contribution < -0.4 is 9.80 Å². The van der Waals surface area contributed by atoms with Crippen LogP contribution in [0, 0.1) is 24.1 Å². The van der Waals surface area contributed by atoms with Crippen LogP contribution in [0.15, 0.2) is 30.3 Å². The van der Waals surface area contributed by atoms with Crippen LogP contribution in [0.2, 0.25) is 0 Å². The number of aryl methyl sites for hydroxylation is 1. The zero-order valence-corrected chi connectivity index (χ0v) is 25.6. The number of likely N-dealkylation sites (tertiary alicyclic amines) is 1. The Kier molecular flexibility index (Phi) is 7.44. The highest BCUT2D eigenvalue weighted by Crippen LogP contribution is 2.44. The average Bonchev–Trinajstić information content (AvgIpc) is 3.45. The number of aliphatic hydroxyl groups is 1. The maximum absolute atomic E-state index is 13.6. The van der Waals surface area contributed by atoms with Crippen LogP contribution in [0.5, 0.6) is 0 Å². The van der Waals surface area contributed by atoms with Gasteiger partial charge in [0.05, 0.1) is 35.5 Å². The van der Waals surface area contributed by atoms with E-state index in [-0.39, 0.29) is 17.8 Å². The number of hydrogen-bond acceptors (Lipinski definition) is 10. The molecule has 7 rings (SSSR count). The van der Waals surface area contributed by atoms with Crippen LogP contribution in [-0.4, -0.2) is 99.5 Å². The van der Waals surface area contributed by atoms with Crippen molar-refractivity contribution in [1.82, 2.24) is 29.5 Å². The molecule has 13 heteroatoms. The van der Waals surface area contributed by atoms with Gasteiger partial charge in [-0.1, -0.05) is 11.3 Å².